The summed E-state index contributed by atoms with van der Waals surface area (Å²) in [6.45, 7) is 0.806. The van der Waals surface area contributed by atoms with Crippen LogP contribution in [-0.2, 0) is 21.4 Å². The third-order valence-electron chi connectivity index (χ3n) is 5.16. The third kappa shape index (κ3) is 5.89. The average molecular weight is 507 g/mol. The van der Waals surface area contributed by atoms with Gasteiger partial charge in [0.15, 0.2) is 0 Å². The van der Waals surface area contributed by atoms with Crippen LogP contribution in [0.1, 0.15) is 11.1 Å². The summed E-state index contributed by atoms with van der Waals surface area (Å²) < 4.78 is 27.7. The Morgan fingerprint density at radius 1 is 1.09 bits per heavy atom. The van der Waals surface area contributed by atoms with Crippen LogP contribution in [0, 0.1) is 0 Å². The molecule has 9 heteroatoms. The largest absolute Gasteiger partial charge is 0.397 e. The maximum Gasteiger partial charge on any atom is 0.277 e. The van der Waals surface area contributed by atoms with Gasteiger partial charge in [0.05, 0.1) is 11.4 Å². The number of hydrogen-bond acceptors (Lipinski definition) is 6. The van der Waals surface area contributed by atoms with Gasteiger partial charge in [-0.3, -0.25) is 4.79 Å². The number of nitrogens with two attached hydrogens (primary N) is 1. The molecule has 0 bridgehead atoms. The van der Waals surface area contributed by atoms with Crippen molar-refractivity contribution >= 4 is 44.7 Å². The van der Waals surface area contributed by atoms with E-state index in [1.165, 1.54) is 29.8 Å². The first-order chi connectivity index (χ1) is 16.7. The van der Waals surface area contributed by atoms with Crippen molar-refractivity contribution in [1.82, 2.24) is 8.87 Å². The van der Waals surface area contributed by atoms with Crippen LogP contribution < -0.4 is 11.1 Å². The second-order valence-corrected chi connectivity index (χ2v) is 11.4. The van der Waals surface area contributed by atoms with Crippen molar-refractivity contribution in [3.05, 3.63) is 96.3 Å². The predicted octanol–water partition coefficient (Wildman–Crippen LogP) is 4.75. The van der Waals surface area contributed by atoms with Crippen LogP contribution in [0.5, 0.6) is 0 Å². The maximum absolute atomic E-state index is 13.2. The molecule has 0 radical (unpaired) electrons. The molecular formula is C26H26N4O3S2. The molecule has 0 unspecified atom stereocenters. The summed E-state index contributed by atoms with van der Waals surface area (Å²) in [6.07, 6.45) is 5.84. The van der Waals surface area contributed by atoms with Gasteiger partial charge in [0.25, 0.3) is 10.0 Å². The van der Waals surface area contributed by atoms with E-state index >= 15 is 0 Å². The summed E-state index contributed by atoms with van der Waals surface area (Å²) in [4.78, 5) is 15.2. The van der Waals surface area contributed by atoms with Gasteiger partial charge in [0.1, 0.15) is 4.21 Å². The molecule has 7 nitrogen and oxygen atoms in total. The van der Waals surface area contributed by atoms with Crippen molar-refractivity contribution in [2.45, 2.75) is 10.8 Å². The zero-order chi connectivity index (χ0) is 25.0. The molecule has 0 aliphatic heterocycles. The van der Waals surface area contributed by atoms with Crippen LogP contribution in [0.3, 0.4) is 0 Å². The van der Waals surface area contributed by atoms with Crippen molar-refractivity contribution in [1.29, 1.82) is 0 Å². The van der Waals surface area contributed by atoms with Crippen molar-refractivity contribution in [3.8, 4) is 10.4 Å². The Balaban J connectivity index is 1.48. The van der Waals surface area contributed by atoms with E-state index in [1.807, 2.05) is 32.3 Å². The molecule has 0 aliphatic rings. The van der Waals surface area contributed by atoms with Crippen LogP contribution in [-0.4, -0.2) is 37.3 Å². The number of nitrogens with one attached hydrogen (secondary N) is 1. The number of para-hydroxylation sites is 2. The third-order valence-corrected chi connectivity index (χ3v) is 8.40. The van der Waals surface area contributed by atoms with E-state index in [9.17, 15) is 13.2 Å². The Morgan fingerprint density at radius 2 is 1.89 bits per heavy atom. The van der Waals surface area contributed by atoms with E-state index in [0.717, 1.165) is 26.5 Å². The molecule has 1 amide bonds. The number of hydrogen-bond donors (Lipinski definition) is 2. The Bertz CT molecular complexity index is 1480. The maximum atomic E-state index is 13.2. The fraction of sp³-hybridized carbons (Fsp3) is 0.115. The lowest BCUT2D eigenvalue weighted by atomic mass is 10.1. The molecular weight excluding hydrogens is 480 g/mol. The van der Waals surface area contributed by atoms with Gasteiger partial charge in [-0.1, -0.05) is 30.3 Å². The highest BCUT2D eigenvalue weighted by atomic mass is 32.2. The normalized spacial score (nSPS) is 11.9. The summed E-state index contributed by atoms with van der Waals surface area (Å²) in [5.74, 6) is -0.363. The van der Waals surface area contributed by atoms with Crippen molar-refractivity contribution in [2.24, 2.45) is 0 Å². The molecule has 4 rings (SSSR count). The lowest BCUT2D eigenvalue weighted by Gasteiger charge is -2.10. The Labute approximate surface area is 209 Å². The Morgan fingerprint density at radius 3 is 2.66 bits per heavy atom. The monoisotopic (exact) mass is 506 g/mol. The highest BCUT2D eigenvalue weighted by Crippen LogP contribution is 2.32. The van der Waals surface area contributed by atoms with Gasteiger partial charge in [0.2, 0.25) is 5.91 Å². The summed E-state index contributed by atoms with van der Waals surface area (Å²) >= 11 is 1.23. The SMILES string of the molecule is CN(C)Cc1cccc(-c2ccc(S(=O)(=O)n3ccc(C=CC(=O)Nc4ccccc4N)c3)s2)c1. The number of anilines is 2. The zero-order valence-electron chi connectivity index (χ0n) is 19.4. The van der Waals surface area contributed by atoms with Gasteiger partial charge in [-0.2, -0.15) is 8.42 Å². The first-order valence-corrected chi connectivity index (χ1v) is 13.1. The second-order valence-electron chi connectivity index (χ2n) is 8.25. The highest BCUT2D eigenvalue weighted by molar-refractivity contribution is 7.92. The van der Waals surface area contributed by atoms with E-state index in [1.54, 1.807) is 42.5 Å². The number of benzene rings is 2. The molecule has 0 atom stereocenters. The number of nitrogens with zero attached hydrogens (tertiary/aromatic N) is 2. The topological polar surface area (TPSA) is 97.4 Å². The van der Waals surface area contributed by atoms with Gasteiger partial charge >= 0.3 is 0 Å². The zero-order valence-corrected chi connectivity index (χ0v) is 21.0. The molecule has 0 aliphatic carbocycles. The number of carbonyl (C=O) groups is 1. The minimum Gasteiger partial charge on any atom is -0.397 e. The highest BCUT2D eigenvalue weighted by Gasteiger charge is 2.19. The number of carbonyl (C=O) groups excluding carboxylic acids is 1. The number of aromatic nitrogens is 1. The molecule has 2 aromatic heterocycles. The van der Waals surface area contributed by atoms with Crippen LogP contribution in [0.4, 0.5) is 11.4 Å². The molecule has 3 N–H and O–H groups in total. The first-order valence-electron chi connectivity index (χ1n) is 10.8. The number of thiophene rings is 1. The fourth-order valence-electron chi connectivity index (χ4n) is 3.50. The van der Waals surface area contributed by atoms with Crippen LogP contribution >= 0.6 is 11.3 Å². The summed E-state index contributed by atoms with van der Waals surface area (Å²) in [5.41, 5.74) is 9.54. The van der Waals surface area contributed by atoms with Gasteiger partial charge in [-0.15, -0.1) is 11.3 Å². The molecule has 180 valence electrons. The van der Waals surface area contributed by atoms with E-state index in [-0.39, 0.29) is 10.1 Å². The van der Waals surface area contributed by atoms with Gasteiger partial charge in [0, 0.05) is 29.9 Å². The standard InChI is InChI=1S/C26H26N4O3S2/c1-29(2)17-20-6-5-7-21(16-20)24-11-13-26(34-24)35(32,33)30-15-14-19(18-30)10-12-25(31)28-23-9-4-3-8-22(23)27/h3-16,18H,17,27H2,1-2H3,(H,28,31). The smallest absolute Gasteiger partial charge is 0.277 e. The van der Waals surface area contributed by atoms with Crippen LogP contribution in [0.15, 0.2) is 89.4 Å². The molecule has 35 heavy (non-hydrogen) atoms. The quantitative estimate of drug-likeness (QED) is 0.266. The molecule has 0 saturated heterocycles. The van der Waals surface area contributed by atoms with Crippen LogP contribution in [0.25, 0.3) is 16.5 Å². The van der Waals surface area contributed by atoms with E-state index in [4.69, 9.17) is 5.73 Å². The van der Waals surface area contributed by atoms with Crippen molar-refractivity contribution in [2.75, 3.05) is 25.1 Å². The molecule has 4 aromatic rings. The Hall–Kier alpha value is -3.66. The van der Waals surface area contributed by atoms with Gasteiger partial charge < -0.3 is 16.0 Å². The Kier molecular flexibility index (Phi) is 7.20. The number of nitrogen functional groups attached to an aromatic ring is 1. The minimum absolute atomic E-state index is 0.244. The average Bonchev–Trinajstić information content (AvgIpc) is 3.50. The van der Waals surface area contributed by atoms with Crippen molar-refractivity contribution in [3.63, 3.8) is 0 Å². The first kappa shape index (κ1) is 24.5. The summed E-state index contributed by atoms with van der Waals surface area (Å²) in [7, 11) is 0.266. The minimum atomic E-state index is -3.75. The summed E-state index contributed by atoms with van der Waals surface area (Å²) in [5, 5.41) is 2.70. The van der Waals surface area contributed by atoms with E-state index in [0.29, 0.717) is 16.9 Å². The van der Waals surface area contributed by atoms with Gasteiger partial charge in [-0.25, -0.2) is 3.97 Å². The lowest BCUT2D eigenvalue weighted by Crippen LogP contribution is -2.10. The van der Waals surface area contributed by atoms with Gasteiger partial charge in [-0.05, 0) is 73.3 Å². The molecule has 0 spiro atoms. The number of amides is 1. The molecule has 0 fully saturated rings. The lowest BCUT2D eigenvalue weighted by molar-refractivity contribution is -0.111. The fourth-order valence-corrected chi connectivity index (χ4v) is 6.12. The predicted molar refractivity (Wildman–Crippen MR) is 143 cm³/mol. The molecule has 2 heterocycles. The second kappa shape index (κ2) is 10.3. The molecule has 0 saturated carbocycles. The number of rotatable bonds is 8. The molecule has 2 aromatic carbocycles. The summed E-state index contributed by atoms with van der Waals surface area (Å²) in [6, 6.07) is 20.1. The van der Waals surface area contributed by atoms with Crippen LogP contribution in [0.2, 0.25) is 0 Å². The van der Waals surface area contributed by atoms with E-state index in [2.05, 4.69) is 22.3 Å². The van der Waals surface area contributed by atoms with E-state index < -0.39 is 10.0 Å². The van der Waals surface area contributed by atoms with Crippen molar-refractivity contribution < 1.29 is 13.2 Å².